The van der Waals surface area contributed by atoms with E-state index in [1.54, 1.807) is 6.08 Å². The molecule has 0 saturated heterocycles. The SMILES string of the molecule is CCc1ccc(/C=C(\C#N)C(=O)NC(C)C)cc1. The number of nitriles is 1. The van der Waals surface area contributed by atoms with Crippen molar-refractivity contribution in [2.24, 2.45) is 0 Å². The molecule has 0 aliphatic heterocycles. The molecule has 0 radical (unpaired) electrons. The number of hydrogen-bond acceptors (Lipinski definition) is 2. The van der Waals surface area contributed by atoms with Gasteiger partial charge in [0.2, 0.25) is 0 Å². The Bertz CT molecular complexity index is 478. The average molecular weight is 242 g/mol. The summed E-state index contributed by atoms with van der Waals surface area (Å²) in [6.07, 6.45) is 2.58. The predicted octanol–water partition coefficient (Wildman–Crippen LogP) is 2.68. The van der Waals surface area contributed by atoms with E-state index in [1.165, 1.54) is 5.56 Å². The van der Waals surface area contributed by atoms with E-state index in [2.05, 4.69) is 12.2 Å². The number of hydrogen-bond donors (Lipinski definition) is 1. The van der Waals surface area contributed by atoms with Crippen LogP contribution in [0, 0.1) is 11.3 Å². The van der Waals surface area contributed by atoms with Crippen molar-refractivity contribution < 1.29 is 4.79 Å². The number of nitrogens with zero attached hydrogens (tertiary/aromatic N) is 1. The first-order valence-corrected chi connectivity index (χ1v) is 6.08. The molecule has 1 rings (SSSR count). The van der Waals surface area contributed by atoms with Crippen LogP contribution in [0.25, 0.3) is 6.08 Å². The molecule has 1 N–H and O–H groups in total. The maximum atomic E-state index is 11.7. The van der Waals surface area contributed by atoms with Gasteiger partial charge in [0.25, 0.3) is 5.91 Å². The minimum atomic E-state index is -0.327. The lowest BCUT2D eigenvalue weighted by Crippen LogP contribution is -2.30. The molecular formula is C15H18N2O. The smallest absolute Gasteiger partial charge is 0.262 e. The molecule has 3 nitrogen and oxygen atoms in total. The van der Waals surface area contributed by atoms with Gasteiger partial charge in [-0.15, -0.1) is 0 Å². The van der Waals surface area contributed by atoms with Crippen molar-refractivity contribution in [1.29, 1.82) is 5.26 Å². The van der Waals surface area contributed by atoms with Gasteiger partial charge in [-0.3, -0.25) is 4.79 Å². The van der Waals surface area contributed by atoms with Gasteiger partial charge < -0.3 is 5.32 Å². The van der Waals surface area contributed by atoms with Gasteiger partial charge in [-0.1, -0.05) is 31.2 Å². The Labute approximate surface area is 108 Å². The second-order valence-electron chi connectivity index (χ2n) is 4.39. The molecule has 0 saturated carbocycles. The Balaban J connectivity index is 2.90. The van der Waals surface area contributed by atoms with E-state index in [0.717, 1.165) is 12.0 Å². The summed E-state index contributed by atoms with van der Waals surface area (Å²) in [5.41, 5.74) is 2.23. The van der Waals surface area contributed by atoms with Gasteiger partial charge >= 0.3 is 0 Å². The van der Waals surface area contributed by atoms with Crippen LogP contribution in [0.5, 0.6) is 0 Å². The molecule has 0 fully saturated rings. The Morgan fingerprint density at radius 1 is 1.39 bits per heavy atom. The monoisotopic (exact) mass is 242 g/mol. The van der Waals surface area contributed by atoms with Crippen LogP contribution >= 0.6 is 0 Å². The number of carbonyl (C=O) groups is 1. The van der Waals surface area contributed by atoms with E-state index >= 15 is 0 Å². The summed E-state index contributed by atoms with van der Waals surface area (Å²) in [5.74, 6) is -0.327. The van der Waals surface area contributed by atoms with Crippen LogP contribution in [0.3, 0.4) is 0 Å². The van der Waals surface area contributed by atoms with Crippen molar-refractivity contribution >= 4 is 12.0 Å². The first kappa shape index (κ1) is 14.0. The van der Waals surface area contributed by atoms with Gasteiger partial charge in [0.1, 0.15) is 11.6 Å². The lowest BCUT2D eigenvalue weighted by atomic mass is 10.1. The minimum Gasteiger partial charge on any atom is -0.349 e. The molecule has 0 spiro atoms. The molecule has 0 heterocycles. The van der Waals surface area contributed by atoms with Crippen LogP contribution in [0.4, 0.5) is 0 Å². The summed E-state index contributed by atoms with van der Waals surface area (Å²) in [6, 6.07) is 9.79. The van der Waals surface area contributed by atoms with Crippen molar-refractivity contribution in [3.05, 3.63) is 41.0 Å². The van der Waals surface area contributed by atoms with Crippen molar-refractivity contribution in [3.63, 3.8) is 0 Å². The molecule has 3 heteroatoms. The number of benzene rings is 1. The molecule has 0 aliphatic carbocycles. The first-order chi connectivity index (χ1) is 8.56. The molecule has 94 valence electrons. The molecule has 1 aromatic carbocycles. The molecule has 18 heavy (non-hydrogen) atoms. The first-order valence-electron chi connectivity index (χ1n) is 6.08. The van der Waals surface area contributed by atoms with Crippen molar-refractivity contribution in [2.75, 3.05) is 0 Å². The largest absolute Gasteiger partial charge is 0.349 e. The topological polar surface area (TPSA) is 52.9 Å². The maximum Gasteiger partial charge on any atom is 0.262 e. The summed E-state index contributed by atoms with van der Waals surface area (Å²) >= 11 is 0. The second kappa shape index (κ2) is 6.61. The van der Waals surface area contributed by atoms with E-state index in [9.17, 15) is 4.79 Å². The molecule has 0 atom stereocenters. The summed E-state index contributed by atoms with van der Waals surface area (Å²) in [6.45, 7) is 5.81. The minimum absolute atomic E-state index is 0.0247. The van der Waals surface area contributed by atoms with Gasteiger partial charge in [-0.2, -0.15) is 5.26 Å². The number of carbonyl (C=O) groups excluding carboxylic acids is 1. The Kier molecular flexibility index (Phi) is 5.13. The van der Waals surface area contributed by atoms with Crippen LogP contribution in [0.15, 0.2) is 29.8 Å². The summed E-state index contributed by atoms with van der Waals surface area (Å²) < 4.78 is 0. The highest BCUT2D eigenvalue weighted by atomic mass is 16.1. The molecule has 0 aromatic heterocycles. The third kappa shape index (κ3) is 4.06. The summed E-state index contributed by atoms with van der Waals surface area (Å²) in [7, 11) is 0. The van der Waals surface area contributed by atoms with Crippen LogP contribution in [-0.4, -0.2) is 11.9 Å². The normalized spacial score (nSPS) is 11.2. The Morgan fingerprint density at radius 3 is 2.44 bits per heavy atom. The van der Waals surface area contributed by atoms with Crippen molar-refractivity contribution in [2.45, 2.75) is 33.2 Å². The van der Waals surface area contributed by atoms with E-state index in [0.29, 0.717) is 0 Å². The van der Waals surface area contributed by atoms with Crippen LogP contribution in [0.2, 0.25) is 0 Å². The Morgan fingerprint density at radius 2 is 2.00 bits per heavy atom. The molecule has 0 unspecified atom stereocenters. The highest BCUT2D eigenvalue weighted by Gasteiger charge is 2.09. The number of aryl methyl sites for hydroxylation is 1. The number of rotatable bonds is 4. The van der Waals surface area contributed by atoms with Crippen LogP contribution < -0.4 is 5.32 Å². The van der Waals surface area contributed by atoms with Crippen LogP contribution in [0.1, 0.15) is 31.9 Å². The standard InChI is InChI=1S/C15H18N2O/c1-4-12-5-7-13(8-6-12)9-14(10-16)15(18)17-11(2)3/h5-9,11H,4H2,1-3H3,(H,17,18)/b14-9+. The lowest BCUT2D eigenvalue weighted by Gasteiger charge is -2.07. The number of amides is 1. The second-order valence-corrected chi connectivity index (χ2v) is 4.39. The summed E-state index contributed by atoms with van der Waals surface area (Å²) in [5, 5.41) is 11.7. The fourth-order valence-electron chi connectivity index (χ4n) is 1.50. The van der Waals surface area contributed by atoms with Crippen molar-refractivity contribution in [1.82, 2.24) is 5.32 Å². The van der Waals surface area contributed by atoms with E-state index in [4.69, 9.17) is 5.26 Å². The fourth-order valence-corrected chi connectivity index (χ4v) is 1.50. The highest BCUT2D eigenvalue weighted by Crippen LogP contribution is 2.09. The van der Waals surface area contributed by atoms with Gasteiger partial charge in [-0.05, 0) is 37.5 Å². The van der Waals surface area contributed by atoms with E-state index in [1.807, 2.05) is 44.2 Å². The fraction of sp³-hybridized carbons (Fsp3) is 0.333. The third-order valence-electron chi connectivity index (χ3n) is 2.48. The third-order valence-corrected chi connectivity index (χ3v) is 2.48. The molecule has 1 amide bonds. The van der Waals surface area contributed by atoms with E-state index < -0.39 is 0 Å². The quantitative estimate of drug-likeness (QED) is 0.652. The Hall–Kier alpha value is -2.08. The molecule has 1 aromatic rings. The van der Waals surface area contributed by atoms with Gasteiger partial charge in [0, 0.05) is 6.04 Å². The zero-order valence-electron chi connectivity index (χ0n) is 11.0. The molecule has 0 bridgehead atoms. The summed E-state index contributed by atoms with van der Waals surface area (Å²) in [4.78, 5) is 11.7. The van der Waals surface area contributed by atoms with Crippen molar-refractivity contribution in [3.8, 4) is 6.07 Å². The average Bonchev–Trinajstić information content (AvgIpc) is 2.35. The lowest BCUT2D eigenvalue weighted by molar-refractivity contribution is -0.117. The molecule has 0 aliphatic rings. The predicted molar refractivity (Wildman–Crippen MR) is 72.7 cm³/mol. The maximum absolute atomic E-state index is 11.7. The number of nitrogens with one attached hydrogen (secondary N) is 1. The van der Waals surface area contributed by atoms with E-state index in [-0.39, 0.29) is 17.5 Å². The van der Waals surface area contributed by atoms with Gasteiger partial charge in [0.05, 0.1) is 0 Å². The zero-order valence-corrected chi connectivity index (χ0v) is 11.0. The van der Waals surface area contributed by atoms with Gasteiger partial charge in [0.15, 0.2) is 0 Å². The van der Waals surface area contributed by atoms with Gasteiger partial charge in [-0.25, -0.2) is 0 Å². The molecular weight excluding hydrogens is 224 g/mol. The van der Waals surface area contributed by atoms with Crippen LogP contribution in [-0.2, 0) is 11.2 Å². The highest BCUT2D eigenvalue weighted by molar-refractivity contribution is 6.01. The zero-order chi connectivity index (χ0) is 13.5.